The van der Waals surface area contributed by atoms with Crippen molar-refractivity contribution >= 4 is 23.0 Å². The van der Waals surface area contributed by atoms with Crippen molar-refractivity contribution in [2.45, 2.75) is 0 Å². The summed E-state index contributed by atoms with van der Waals surface area (Å²) in [5, 5.41) is 2.60. The van der Waals surface area contributed by atoms with Crippen LogP contribution in [0.15, 0.2) is 36.4 Å². The van der Waals surface area contributed by atoms with Crippen molar-refractivity contribution in [2.75, 3.05) is 16.8 Å². The summed E-state index contributed by atoms with van der Waals surface area (Å²) in [5.74, 6) is 1.28. The maximum absolute atomic E-state index is 13.2. The summed E-state index contributed by atoms with van der Waals surface area (Å²) in [7, 11) is 0. The Balaban J connectivity index is 2.26. The molecule has 2 aromatic carbocycles. The maximum atomic E-state index is 13.2. The molecule has 0 spiro atoms. The SMILES string of the molecule is C#Cc1cc(NC(=O)c2cc(N)cc(N)c2)ccc1F. The molecule has 5 heteroatoms. The van der Waals surface area contributed by atoms with E-state index in [4.69, 9.17) is 17.9 Å². The molecule has 5 N–H and O–H groups in total. The third kappa shape index (κ3) is 2.87. The number of halogens is 1. The van der Waals surface area contributed by atoms with E-state index < -0.39 is 11.7 Å². The summed E-state index contributed by atoms with van der Waals surface area (Å²) < 4.78 is 13.2. The standard InChI is InChI=1S/C15H12FN3O/c1-2-9-7-13(3-4-14(9)16)19-15(20)10-5-11(17)8-12(18)6-10/h1,3-8H,17-18H2,(H,19,20). The molecule has 100 valence electrons. The summed E-state index contributed by atoms with van der Waals surface area (Å²) in [4.78, 5) is 12.0. The number of hydrogen-bond acceptors (Lipinski definition) is 3. The number of nitrogen functional groups attached to an aromatic ring is 2. The fraction of sp³-hybridized carbons (Fsp3) is 0. The molecule has 0 aliphatic carbocycles. The molecular formula is C15H12FN3O. The van der Waals surface area contributed by atoms with Crippen LogP contribution in [0, 0.1) is 18.2 Å². The monoisotopic (exact) mass is 269 g/mol. The third-order valence-corrected chi connectivity index (χ3v) is 2.62. The second-order valence-electron chi connectivity index (χ2n) is 4.18. The highest BCUT2D eigenvalue weighted by Gasteiger charge is 2.09. The van der Waals surface area contributed by atoms with Gasteiger partial charge >= 0.3 is 0 Å². The van der Waals surface area contributed by atoms with Gasteiger partial charge in [0.05, 0.1) is 5.56 Å². The number of nitrogens with one attached hydrogen (secondary N) is 1. The molecule has 0 bridgehead atoms. The van der Waals surface area contributed by atoms with Crippen LogP contribution in [0.4, 0.5) is 21.5 Å². The van der Waals surface area contributed by atoms with Gasteiger partial charge in [0.25, 0.3) is 5.91 Å². The minimum atomic E-state index is -0.515. The second kappa shape index (κ2) is 5.33. The van der Waals surface area contributed by atoms with Gasteiger partial charge in [0, 0.05) is 22.6 Å². The zero-order valence-electron chi connectivity index (χ0n) is 10.5. The van der Waals surface area contributed by atoms with Gasteiger partial charge in [-0.15, -0.1) is 6.42 Å². The Hall–Kier alpha value is -3.00. The van der Waals surface area contributed by atoms with Gasteiger partial charge in [-0.25, -0.2) is 4.39 Å². The first kappa shape index (κ1) is 13.4. The molecule has 0 atom stereocenters. The summed E-state index contributed by atoms with van der Waals surface area (Å²) in [6.45, 7) is 0. The molecule has 0 aliphatic heterocycles. The first-order valence-electron chi connectivity index (χ1n) is 5.73. The normalized spacial score (nSPS) is 9.80. The van der Waals surface area contributed by atoms with E-state index in [2.05, 4.69) is 11.2 Å². The van der Waals surface area contributed by atoms with Gasteiger partial charge < -0.3 is 16.8 Å². The Labute approximate surface area is 115 Å². The fourth-order valence-electron chi connectivity index (χ4n) is 1.72. The predicted molar refractivity (Wildman–Crippen MR) is 77.6 cm³/mol. The molecule has 2 aromatic rings. The van der Waals surface area contributed by atoms with Crippen molar-refractivity contribution in [3.05, 3.63) is 53.3 Å². The number of carbonyl (C=O) groups is 1. The molecule has 0 unspecified atom stereocenters. The molecule has 0 heterocycles. The molecule has 0 fully saturated rings. The van der Waals surface area contributed by atoms with Gasteiger partial charge in [0.2, 0.25) is 0 Å². The Morgan fingerprint density at radius 1 is 1.15 bits per heavy atom. The van der Waals surface area contributed by atoms with Crippen LogP contribution in [0.25, 0.3) is 0 Å². The van der Waals surface area contributed by atoms with Crippen LogP contribution in [0.2, 0.25) is 0 Å². The topological polar surface area (TPSA) is 81.1 Å². The highest BCUT2D eigenvalue weighted by atomic mass is 19.1. The maximum Gasteiger partial charge on any atom is 0.255 e. The predicted octanol–water partition coefficient (Wildman–Crippen LogP) is 2.22. The molecular weight excluding hydrogens is 257 g/mol. The van der Waals surface area contributed by atoms with Crippen LogP contribution in [-0.2, 0) is 0 Å². The third-order valence-electron chi connectivity index (χ3n) is 2.62. The number of amides is 1. The molecule has 4 nitrogen and oxygen atoms in total. The van der Waals surface area contributed by atoms with Crippen molar-refractivity contribution < 1.29 is 9.18 Å². The lowest BCUT2D eigenvalue weighted by Gasteiger charge is -2.07. The van der Waals surface area contributed by atoms with E-state index in [0.29, 0.717) is 22.6 Å². The molecule has 0 saturated heterocycles. The highest BCUT2D eigenvalue weighted by molar-refractivity contribution is 6.05. The van der Waals surface area contributed by atoms with E-state index in [1.54, 1.807) is 6.07 Å². The van der Waals surface area contributed by atoms with Crippen molar-refractivity contribution in [3.63, 3.8) is 0 Å². The zero-order chi connectivity index (χ0) is 14.7. The van der Waals surface area contributed by atoms with Crippen LogP contribution in [-0.4, -0.2) is 5.91 Å². The Bertz CT molecular complexity index is 699. The van der Waals surface area contributed by atoms with Crippen LogP contribution in [0.5, 0.6) is 0 Å². The lowest BCUT2D eigenvalue weighted by molar-refractivity contribution is 0.102. The number of benzene rings is 2. The average molecular weight is 269 g/mol. The number of carbonyl (C=O) groups excluding carboxylic acids is 1. The number of nitrogens with two attached hydrogens (primary N) is 2. The quantitative estimate of drug-likeness (QED) is 0.577. The summed E-state index contributed by atoms with van der Waals surface area (Å²) in [5.41, 5.74) is 12.8. The number of hydrogen-bond donors (Lipinski definition) is 3. The van der Waals surface area contributed by atoms with Gasteiger partial charge in [-0.05, 0) is 36.4 Å². The van der Waals surface area contributed by atoms with E-state index >= 15 is 0 Å². The van der Waals surface area contributed by atoms with Crippen LogP contribution >= 0.6 is 0 Å². The minimum Gasteiger partial charge on any atom is -0.399 e. The second-order valence-corrected chi connectivity index (χ2v) is 4.18. The van der Waals surface area contributed by atoms with Gasteiger partial charge in [0.15, 0.2) is 0 Å². The Morgan fingerprint density at radius 2 is 1.80 bits per heavy atom. The summed E-state index contributed by atoms with van der Waals surface area (Å²) >= 11 is 0. The number of rotatable bonds is 2. The van der Waals surface area contributed by atoms with Crippen LogP contribution in [0.1, 0.15) is 15.9 Å². The first-order valence-corrected chi connectivity index (χ1v) is 5.73. The van der Waals surface area contributed by atoms with Crippen molar-refractivity contribution in [2.24, 2.45) is 0 Å². The first-order chi connectivity index (χ1) is 9.49. The Kier molecular flexibility index (Phi) is 3.58. The summed E-state index contributed by atoms with van der Waals surface area (Å²) in [6.07, 6.45) is 5.17. The van der Waals surface area contributed by atoms with Crippen molar-refractivity contribution in [1.82, 2.24) is 0 Å². The van der Waals surface area contributed by atoms with Crippen LogP contribution in [0.3, 0.4) is 0 Å². The van der Waals surface area contributed by atoms with E-state index in [1.165, 1.54) is 30.3 Å². The zero-order valence-corrected chi connectivity index (χ0v) is 10.5. The van der Waals surface area contributed by atoms with Gasteiger partial charge in [0.1, 0.15) is 5.82 Å². The average Bonchev–Trinajstić information content (AvgIpc) is 2.39. The van der Waals surface area contributed by atoms with Gasteiger partial charge in [-0.2, -0.15) is 0 Å². The molecule has 20 heavy (non-hydrogen) atoms. The lowest BCUT2D eigenvalue weighted by atomic mass is 10.1. The molecule has 0 aliphatic rings. The lowest BCUT2D eigenvalue weighted by Crippen LogP contribution is -2.13. The molecule has 0 aromatic heterocycles. The molecule has 2 rings (SSSR count). The van der Waals surface area contributed by atoms with Crippen molar-refractivity contribution in [3.8, 4) is 12.3 Å². The van der Waals surface area contributed by atoms with Crippen molar-refractivity contribution in [1.29, 1.82) is 0 Å². The fourth-order valence-corrected chi connectivity index (χ4v) is 1.72. The molecule has 0 saturated carbocycles. The smallest absolute Gasteiger partial charge is 0.255 e. The van der Waals surface area contributed by atoms with E-state index in [1.807, 2.05) is 0 Å². The highest BCUT2D eigenvalue weighted by Crippen LogP contribution is 2.17. The van der Waals surface area contributed by atoms with Gasteiger partial charge in [-0.3, -0.25) is 4.79 Å². The van der Waals surface area contributed by atoms with E-state index in [-0.39, 0.29) is 5.56 Å². The van der Waals surface area contributed by atoms with Gasteiger partial charge in [-0.1, -0.05) is 5.92 Å². The van der Waals surface area contributed by atoms with Crippen LogP contribution < -0.4 is 16.8 Å². The Morgan fingerprint density at radius 3 is 2.40 bits per heavy atom. The molecule has 1 amide bonds. The molecule has 0 radical (unpaired) electrons. The summed E-state index contributed by atoms with van der Waals surface area (Å²) in [6, 6.07) is 8.53. The number of anilines is 3. The van der Waals surface area contributed by atoms with E-state index in [0.717, 1.165) is 0 Å². The number of terminal acetylenes is 1. The van der Waals surface area contributed by atoms with E-state index in [9.17, 15) is 9.18 Å². The largest absolute Gasteiger partial charge is 0.399 e. The minimum absolute atomic E-state index is 0.0786.